The lowest BCUT2D eigenvalue weighted by molar-refractivity contribution is -0.134. The zero-order valence-electron chi connectivity index (χ0n) is 20.4. The van der Waals surface area contributed by atoms with E-state index in [0.717, 1.165) is 41.3 Å². The number of anilines is 1. The number of piperidine rings is 1. The smallest absolute Gasteiger partial charge is 0.410 e. The Bertz CT molecular complexity index is 1230. The Morgan fingerprint density at radius 1 is 1.03 bits per heavy atom. The molecule has 0 aliphatic carbocycles. The molecule has 2 atom stereocenters. The second kappa shape index (κ2) is 8.66. The lowest BCUT2D eigenvalue weighted by atomic mass is 9.87. The van der Waals surface area contributed by atoms with Crippen LogP contribution in [0.1, 0.15) is 74.7 Å². The van der Waals surface area contributed by atoms with Crippen LogP contribution in [0.15, 0.2) is 30.3 Å². The largest absolute Gasteiger partial charge is 0.444 e. The average Bonchev–Trinajstić information content (AvgIpc) is 2.94. The molecule has 2 saturated heterocycles. The third-order valence-corrected chi connectivity index (χ3v) is 7.10. The molecule has 0 radical (unpaired) electrons. The number of likely N-dealkylation sites (tertiary alicyclic amines) is 1. The summed E-state index contributed by atoms with van der Waals surface area (Å²) >= 11 is 0. The number of hydrogen-bond donors (Lipinski definition) is 1. The van der Waals surface area contributed by atoms with Crippen LogP contribution in [0.25, 0.3) is 10.8 Å². The van der Waals surface area contributed by atoms with Gasteiger partial charge in [-0.2, -0.15) is 0 Å². The predicted molar refractivity (Wildman–Crippen MR) is 131 cm³/mol. The maximum absolute atomic E-state index is 13.4. The fourth-order valence-electron chi connectivity index (χ4n) is 5.54. The molecule has 8 nitrogen and oxygen atoms in total. The van der Waals surface area contributed by atoms with Crippen molar-refractivity contribution in [2.24, 2.45) is 0 Å². The topological polar surface area (TPSA) is 96.0 Å². The quantitative estimate of drug-likeness (QED) is 0.657. The van der Waals surface area contributed by atoms with E-state index in [1.807, 2.05) is 51.1 Å². The van der Waals surface area contributed by atoms with E-state index in [1.165, 1.54) is 0 Å². The number of ether oxygens (including phenoxy) is 1. The fraction of sp³-hybridized carbons (Fsp3) is 0.481. The molecule has 0 spiro atoms. The lowest BCUT2D eigenvalue weighted by Crippen LogP contribution is -2.53. The van der Waals surface area contributed by atoms with E-state index in [4.69, 9.17) is 4.74 Å². The first kappa shape index (κ1) is 23.3. The molecule has 8 heteroatoms. The summed E-state index contributed by atoms with van der Waals surface area (Å²) in [4.78, 5) is 53.5. The molecule has 35 heavy (non-hydrogen) atoms. The van der Waals surface area contributed by atoms with Crippen molar-refractivity contribution in [2.45, 2.75) is 70.4 Å². The Hall–Kier alpha value is -3.42. The van der Waals surface area contributed by atoms with Crippen molar-refractivity contribution in [1.82, 2.24) is 10.2 Å². The minimum absolute atomic E-state index is 0.200. The maximum Gasteiger partial charge on any atom is 0.410 e. The molecule has 5 rings (SSSR count). The first-order valence-corrected chi connectivity index (χ1v) is 12.3. The Labute approximate surface area is 204 Å². The number of carbonyl (C=O) groups excluding carboxylic acids is 4. The summed E-state index contributed by atoms with van der Waals surface area (Å²) in [5.74, 6) is -0.684. The SMILES string of the molecule is CC(C)(C)OC(=O)N1CCC[C@@H](c2ccc3c4c(cccc24)N(C2CCC(=O)NC2=O)C3=O)CC1. The number of rotatable bonds is 2. The second-order valence-corrected chi connectivity index (χ2v) is 10.6. The summed E-state index contributed by atoms with van der Waals surface area (Å²) in [6.45, 7) is 6.89. The van der Waals surface area contributed by atoms with Gasteiger partial charge in [0.2, 0.25) is 11.8 Å². The Morgan fingerprint density at radius 2 is 1.83 bits per heavy atom. The van der Waals surface area contributed by atoms with Gasteiger partial charge >= 0.3 is 6.09 Å². The number of nitrogens with zero attached hydrogens (tertiary/aromatic N) is 2. The first-order chi connectivity index (χ1) is 16.6. The number of imide groups is 1. The zero-order chi connectivity index (χ0) is 24.9. The van der Waals surface area contributed by atoms with Gasteiger partial charge in [-0.05, 0) is 75.5 Å². The van der Waals surface area contributed by atoms with Crippen LogP contribution in [0.5, 0.6) is 0 Å². The molecule has 3 aliphatic rings. The van der Waals surface area contributed by atoms with Crippen LogP contribution in [0.2, 0.25) is 0 Å². The number of hydrogen-bond acceptors (Lipinski definition) is 5. The van der Waals surface area contributed by atoms with E-state index < -0.39 is 17.6 Å². The molecule has 3 aliphatic heterocycles. The minimum Gasteiger partial charge on any atom is -0.444 e. The zero-order valence-corrected chi connectivity index (χ0v) is 20.4. The highest BCUT2D eigenvalue weighted by Crippen LogP contribution is 2.43. The highest BCUT2D eigenvalue weighted by molar-refractivity contribution is 6.27. The van der Waals surface area contributed by atoms with Crippen LogP contribution in [0.4, 0.5) is 10.5 Å². The molecule has 1 unspecified atom stereocenters. The number of carbonyl (C=O) groups is 4. The number of amides is 4. The Kier molecular flexibility index (Phi) is 5.77. The van der Waals surface area contributed by atoms with Crippen molar-refractivity contribution in [3.8, 4) is 0 Å². The van der Waals surface area contributed by atoms with Gasteiger partial charge in [0.15, 0.2) is 0 Å². The fourth-order valence-corrected chi connectivity index (χ4v) is 5.54. The standard InChI is InChI=1S/C27H31N3O5/c1-27(2,3)35-26(34)29-14-5-6-16(13-15-29)17-9-10-19-23-18(17)7-4-8-20(23)30(25(19)33)21-11-12-22(31)28-24(21)32/h4,7-10,16,21H,5-6,11-15H2,1-3H3,(H,28,31,32)/t16-,21?/m1/s1. The van der Waals surface area contributed by atoms with Crippen molar-refractivity contribution in [3.63, 3.8) is 0 Å². The van der Waals surface area contributed by atoms with E-state index in [2.05, 4.69) is 5.32 Å². The highest BCUT2D eigenvalue weighted by Gasteiger charge is 2.41. The molecule has 2 aromatic rings. The lowest BCUT2D eigenvalue weighted by Gasteiger charge is -2.30. The van der Waals surface area contributed by atoms with Crippen LogP contribution in [0, 0.1) is 0 Å². The van der Waals surface area contributed by atoms with Crippen molar-refractivity contribution >= 4 is 40.3 Å². The van der Waals surface area contributed by atoms with Crippen LogP contribution in [-0.2, 0) is 14.3 Å². The molecule has 4 amide bonds. The molecule has 3 heterocycles. The normalized spacial score (nSPS) is 22.9. The third-order valence-electron chi connectivity index (χ3n) is 7.10. The van der Waals surface area contributed by atoms with Gasteiger partial charge in [0.25, 0.3) is 5.91 Å². The van der Waals surface area contributed by atoms with Gasteiger partial charge in [0.1, 0.15) is 11.6 Å². The van der Waals surface area contributed by atoms with Gasteiger partial charge in [0.05, 0.1) is 5.69 Å². The van der Waals surface area contributed by atoms with Gasteiger partial charge in [-0.15, -0.1) is 0 Å². The first-order valence-electron chi connectivity index (χ1n) is 12.3. The van der Waals surface area contributed by atoms with Gasteiger partial charge in [-0.1, -0.05) is 18.2 Å². The molecule has 0 bridgehead atoms. The molecule has 2 aromatic carbocycles. The van der Waals surface area contributed by atoms with Gasteiger partial charge in [-0.3, -0.25) is 24.6 Å². The summed E-state index contributed by atoms with van der Waals surface area (Å²) in [5.41, 5.74) is 1.95. The van der Waals surface area contributed by atoms with Gasteiger partial charge in [0, 0.05) is 30.5 Å². The van der Waals surface area contributed by atoms with Crippen molar-refractivity contribution < 1.29 is 23.9 Å². The minimum atomic E-state index is -0.693. The van der Waals surface area contributed by atoms with Crippen molar-refractivity contribution in [2.75, 3.05) is 18.0 Å². The number of benzene rings is 2. The van der Waals surface area contributed by atoms with Crippen LogP contribution < -0.4 is 10.2 Å². The molecule has 1 N–H and O–H groups in total. The van der Waals surface area contributed by atoms with E-state index in [-0.39, 0.29) is 30.2 Å². The van der Waals surface area contributed by atoms with Crippen molar-refractivity contribution in [1.29, 1.82) is 0 Å². The molecule has 184 valence electrons. The molecular weight excluding hydrogens is 446 g/mol. The summed E-state index contributed by atoms with van der Waals surface area (Å²) in [5, 5.41) is 4.25. The highest BCUT2D eigenvalue weighted by atomic mass is 16.6. The second-order valence-electron chi connectivity index (χ2n) is 10.6. The Balaban J connectivity index is 1.44. The van der Waals surface area contributed by atoms with Gasteiger partial charge in [-0.25, -0.2) is 4.79 Å². The van der Waals surface area contributed by atoms with E-state index >= 15 is 0 Å². The summed E-state index contributed by atoms with van der Waals surface area (Å²) in [6, 6.07) is 9.04. The molecule has 2 fully saturated rings. The maximum atomic E-state index is 13.4. The Morgan fingerprint density at radius 3 is 2.57 bits per heavy atom. The van der Waals surface area contributed by atoms with Crippen LogP contribution in [0.3, 0.4) is 0 Å². The molecule has 0 aromatic heterocycles. The summed E-state index contributed by atoms with van der Waals surface area (Å²) in [7, 11) is 0. The predicted octanol–water partition coefficient (Wildman–Crippen LogP) is 4.11. The van der Waals surface area contributed by atoms with Crippen LogP contribution >= 0.6 is 0 Å². The van der Waals surface area contributed by atoms with E-state index in [1.54, 1.807) is 9.80 Å². The van der Waals surface area contributed by atoms with E-state index in [0.29, 0.717) is 25.1 Å². The summed E-state index contributed by atoms with van der Waals surface area (Å²) in [6.07, 6.45) is 2.87. The monoisotopic (exact) mass is 477 g/mol. The van der Waals surface area contributed by atoms with Gasteiger partial charge < -0.3 is 9.64 Å². The van der Waals surface area contributed by atoms with E-state index in [9.17, 15) is 19.2 Å². The average molecular weight is 478 g/mol. The van der Waals surface area contributed by atoms with Crippen LogP contribution in [-0.4, -0.2) is 53.4 Å². The number of nitrogens with one attached hydrogen (secondary N) is 1. The molecule has 0 saturated carbocycles. The third kappa shape index (κ3) is 4.26. The molecular formula is C27H31N3O5. The summed E-state index contributed by atoms with van der Waals surface area (Å²) < 4.78 is 5.57. The van der Waals surface area contributed by atoms with Crippen molar-refractivity contribution in [3.05, 3.63) is 41.5 Å².